The zero-order valence-electron chi connectivity index (χ0n) is 67.1. The van der Waals surface area contributed by atoms with Gasteiger partial charge in [0.1, 0.15) is 19.3 Å². The third kappa shape index (κ3) is 76.3. The number of phosphoric acid groups is 2. The Bertz CT molecular complexity index is 1970. The molecule has 0 aromatic rings. The van der Waals surface area contributed by atoms with Crippen molar-refractivity contribution in [2.75, 3.05) is 39.6 Å². The number of phosphoric ester groups is 2. The molecular formula is C83H162O17P2. The van der Waals surface area contributed by atoms with Gasteiger partial charge in [-0.3, -0.25) is 37.3 Å². The minimum Gasteiger partial charge on any atom is -0.462 e. The number of aliphatic hydroxyl groups is 1. The van der Waals surface area contributed by atoms with Crippen molar-refractivity contribution in [1.29, 1.82) is 0 Å². The SMILES string of the molecule is CCCCCCCCCCCCCCCCCCCCCC(=O)O[C@H](COC(=O)CCCCCCCCCCCCCCCC(C)C)COP(=O)(O)OC[C@@H](O)COP(=O)(O)OC[C@@H](COC(=O)CCCCCCCCCCCC(C)C)OC(=O)CCCCCCCCCCCCCCC(C)C. The van der Waals surface area contributed by atoms with E-state index in [4.69, 9.17) is 37.0 Å². The minimum atomic E-state index is -4.96. The van der Waals surface area contributed by atoms with Gasteiger partial charge >= 0.3 is 39.5 Å². The van der Waals surface area contributed by atoms with Crippen LogP contribution in [0.25, 0.3) is 0 Å². The normalized spacial score (nSPS) is 13.9. The highest BCUT2D eigenvalue weighted by molar-refractivity contribution is 7.47. The van der Waals surface area contributed by atoms with Gasteiger partial charge in [0.25, 0.3) is 0 Å². The van der Waals surface area contributed by atoms with Crippen LogP contribution in [0.5, 0.6) is 0 Å². The lowest BCUT2D eigenvalue weighted by molar-refractivity contribution is -0.161. The second-order valence-electron chi connectivity index (χ2n) is 31.3. The molecule has 2 unspecified atom stereocenters. The summed E-state index contributed by atoms with van der Waals surface area (Å²) in [5, 5.41) is 10.7. The fraction of sp³-hybridized carbons (Fsp3) is 0.952. The van der Waals surface area contributed by atoms with Gasteiger partial charge in [0.05, 0.1) is 26.4 Å². The third-order valence-corrected chi connectivity index (χ3v) is 21.3. The van der Waals surface area contributed by atoms with Gasteiger partial charge in [-0.25, -0.2) is 9.13 Å². The first-order chi connectivity index (χ1) is 49.2. The molecule has 0 bridgehead atoms. The Morgan fingerprint density at radius 3 is 0.667 bits per heavy atom. The lowest BCUT2D eigenvalue weighted by atomic mass is 10.0. The van der Waals surface area contributed by atoms with E-state index in [1.807, 2.05) is 0 Å². The number of aliphatic hydroxyl groups excluding tert-OH is 1. The van der Waals surface area contributed by atoms with Crippen LogP contribution in [-0.2, 0) is 65.4 Å². The number of rotatable bonds is 81. The van der Waals surface area contributed by atoms with Gasteiger partial charge in [0.2, 0.25) is 0 Å². The number of ether oxygens (including phenoxy) is 4. The maximum absolute atomic E-state index is 13.1. The van der Waals surface area contributed by atoms with Gasteiger partial charge in [0.15, 0.2) is 12.2 Å². The first-order valence-corrected chi connectivity index (χ1v) is 45.8. The number of hydrogen-bond acceptors (Lipinski definition) is 15. The lowest BCUT2D eigenvalue weighted by Gasteiger charge is -2.21. The van der Waals surface area contributed by atoms with E-state index in [0.29, 0.717) is 25.7 Å². The van der Waals surface area contributed by atoms with E-state index in [-0.39, 0.29) is 25.7 Å². The molecule has 0 rings (SSSR count). The number of unbranched alkanes of at least 4 members (excludes halogenated alkanes) is 49. The van der Waals surface area contributed by atoms with Crippen molar-refractivity contribution in [2.24, 2.45) is 17.8 Å². The minimum absolute atomic E-state index is 0.107. The number of esters is 4. The van der Waals surface area contributed by atoms with Crippen LogP contribution in [-0.4, -0.2) is 96.7 Å². The molecule has 0 radical (unpaired) electrons. The smallest absolute Gasteiger partial charge is 0.462 e. The van der Waals surface area contributed by atoms with Gasteiger partial charge in [-0.05, 0) is 43.4 Å². The summed E-state index contributed by atoms with van der Waals surface area (Å²) in [6.07, 6.45) is 62.4. The lowest BCUT2D eigenvalue weighted by Crippen LogP contribution is -2.30. The quantitative estimate of drug-likeness (QED) is 0.0222. The van der Waals surface area contributed by atoms with Crippen LogP contribution in [0.3, 0.4) is 0 Å². The van der Waals surface area contributed by atoms with Crippen molar-refractivity contribution < 1.29 is 80.2 Å². The first kappa shape index (κ1) is 100. The van der Waals surface area contributed by atoms with Crippen LogP contribution in [0.2, 0.25) is 0 Å². The molecule has 19 heteroatoms. The van der Waals surface area contributed by atoms with Crippen molar-refractivity contribution in [3.63, 3.8) is 0 Å². The molecule has 0 aliphatic rings. The van der Waals surface area contributed by atoms with Crippen molar-refractivity contribution in [3.05, 3.63) is 0 Å². The van der Waals surface area contributed by atoms with Crippen LogP contribution < -0.4 is 0 Å². The van der Waals surface area contributed by atoms with Crippen LogP contribution in [0.15, 0.2) is 0 Å². The van der Waals surface area contributed by atoms with Crippen LogP contribution in [0, 0.1) is 17.8 Å². The summed E-state index contributed by atoms with van der Waals surface area (Å²) in [5.41, 5.74) is 0. The maximum atomic E-state index is 13.1. The summed E-state index contributed by atoms with van der Waals surface area (Å²) in [7, 11) is -9.93. The Balaban J connectivity index is 5.26. The zero-order chi connectivity index (χ0) is 75.1. The van der Waals surface area contributed by atoms with Crippen LogP contribution in [0.1, 0.15) is 434 Å². The van der Waals surface area contributed by atoms with Gasteiger partial charge in [-0.15, -0.1) is 0 Å². The van der Waals surface area contributed by atoms with E-state index >= 15 is 0 Å². The van der Waals surface area contributed by atoms with E-state index < -0.39 is 97.5 Å². The van der Waals surface area contributed by atoms with E-state index in [2.05, 4.69) is 48.5 Å². The fourth-order valence-electron chi connectivity index (χ4n) is 12.8. The molecule has 3 N–H and O–H groups in total. The molecule has 102 heavy (non-hydrogen) atoms. The molecule has 0 fully saturated rings. The molecule has 0 aliphatic heterocycles. The molecule has 0 heterocycles. The van der Waals surface area contributed by atoms with Gasteiger partial charge in [-0.1, -0.05) is 382 Å². The summed E-state index contributed by atoms with van der Waals surface area (Å²) in [5.74, 6) is 0.204. The van der Waals surface area contributed by atoms with Crippen molar-refractivity contribution >= 4 is 39.5 Å². The highest BCUT2D eigenvalue weighted by Crippen LogP contribution is 2.45. The molecule has 0 spiro atoms. The molecule has 0 saturated heterocycles. The molecule has 0 aliphatic carbocycles. The Labute approximate surface area is 626 Å². The predicted octanol–water partition coefficient (Wildman–Crippen LogP) is 24.9. The van der Waals surface area contributed by atoms with Crippen molar-refractivity contribution in [1.82, 2.24) is 0 Å². The molecule has 0 aromatic heterocycles. The molecule has 0 aromatic carbocycles. The van der Waals surface area contributed by atoms with Crippen LogP contribution >= 0.6 is 15.6 Å². The van der Waals surface area contributed by atoms with Gasteiger partial charge in [-0.2, -0.15) is 0 Å². The Morgan fingerprint density at radius 1 is 0.265 bits per heavy atom. The topological polar surface area (TPSA) is 237 Å². The average Bonchev–Trinajstić information content (AvgIpc) is 0.921. The van der Waals surface area contributed by atoms with E-state index in [0.717, 1.165) is 108 Å². The molecule has 0 saturated carbocycles. The average molecular weight is 1490 g/mol. The molecular weight excluding hydrogens is 1330 g/mol. The summed E-state index contributed by atoms with van der Waals surface area (Å²) in [6.45, 7) is 12.0. The number of carbonyl (C=O) groups excluding carboxylic acids is 4. The fourth-order valence-corrected chi connectivity index (χ4v) is 14.4. The van der Waals surface area contributed by atoms with E-state index in [9.17, 15) is 43.2 Å². The van der Waals surface area contributed by atoms with Crippen molar-refractivity contribution in [2.45, 2.75) is 452 Å². The third-order valence-electron chi connectivity index (χ3n) is 19.4. The van der Waals surface area contributed by atoms with Crippen LogP contribution in [0.4, 0.5) is 0 Å². The monoisotopic (exact) mass is 1490 g/mol. The second kappa shape index (κ2) is 73.2. The van der Waals surface area contributed by atoms with Gasteiger partial charge in [0, 0.05) is 25.7 Å². The molecule has 17 nitrogen and oxygen atoms in total. The first-order valence-electron chi connectivity index (χ1n) is 42.8. The molecule has 606 valence electrons. The zero-order valence-corrected chi connectivity index (χ0v) is 68.9. The standard InChI is InChI=1S/C83H162O17P2/c1-8-9-10-11-12-13-14-15-16-17-18-19-20-23-30-37-45-52-59-66-82(87)99-78(70-93-80(85)64-57-50-43-36-29-24-21-22-27-33-40-47-54-61-74(2)3)72-97-101(89,90)95-68-77(84)69-96-102(91,92)98-73-79(71-94-81(86)65-58-51-44-39-32-35-42-49-56-63-76(6)7)100-83(88)67-60-53-46-38-31-26-25-28-34-41-48-55-62-75(4)5/h74-79,84H,8-73H2,1-7H3,(H,89,90)(H,91,92)/t77-,78-,79-/m1/s1. The number of carbonyl (C=O) groups is 4. The second-order valence-corrected chi connectivity index (χ2v) is 34.2. The number of hydrogen-bond donors (Lipinski definition) is 3. The summed E-state index contributed by atoms with van der Waals surface area (Å²) >= 11 is 0. The Kier molecular flexibility index (Phi) is 71.8. The molecule has 5 atom stereocenters. The van der Waals surface area contributed by atoms with E-state index in [1.54, 1.807) is 0 Å². The summed E-state index contributed by atoms with van der Waals surface area (Å²) in [4.78, 5) is 73.1. The van der Waals surface area contributed by atoms with Crippen molar-refractivity contribution in [3.8, 4) is 0 Å². The van der Waals surface area contributed by atoms with E-state index in [1.165, 1.54) is 244 Å². The summed E-state index contributed by atoms with van der Waals surface area (Å²) in [6, 6.07) is 0. The maximum Gasteiger partial charge on any atom is 0.472 e. The van der Waals surface area contributed by atoms with Gasteiger partial charge < -0.3 is 33.8 Å². The predicted molar refractivity (Wildman–Crippen MR) is 418 cm³/mol. The Morgan fingerprint density at radius 2 is 0.451 bits per heavy atom. The largest absolute Gasteiger partial charge is 0.472 e. The Hall–Kier alpha value is -1.94. The highest BCUT2D eigenvalue weighted by Gasteiger charge is 2.30. The summed E-state index contributed by atoms with van der Waals surface area (Å²) < 4.78 is 68.8. The highest BCUT2D eigenvalue weighted by atomic mass is 31.2. The molecule has 0 amide bonds.